The minimum absolute atomic E-state index is 0.0537. The standard InChI is InChI=1S/C20H27N5O2/c1-5-11-24-17-8-6-7-9-18(17)25(20(24)27)12-10-19(26)22-14(2)16-13-21-23(4)15(16)3/h6-9,13-14H,5,10-12H2,1-4H3,(H,22,26)/t14-/m0/s1. The highest BCUT2D eigenvalue weighted by Crippen LogP contribution is 2.17. The number of nitrogens with one attached hydrogen (secondary N) is 1. The first kappa shape index (κ1) is 18.9. The minimum atomic E-state index is -0.121. The number of carbonyl (C=O) groups excluding carboxylic acids is 1. The maximum atomic E-state index is 12.8. The summed E-state index contributed by atoms with van der Waals surface area (Å²) in [7, 11) is 1.88. The van der Waals surface area contributed by atoms with E-state index in [2.05, 4.69) is 10.4 Å². The van der Waals surface area contributed by atoms with Gasteiger partial charge in [-0.15, -0.1) is 0 Å². The van der Waals surface area contributed by atoms with Crippen LogP contribution in [0.3, 0.4) is 0 Å². The number of para-hydroxylation sites is 2. The molecule has 1 N–H and O–H groups in total. The third kappa shape index (κ3) is 3.67. The minimum Gasteiger partial charge on any atom is -0.349 e. The molecule has 1 atom stereocenters. The molecule has 1 amide bonds. The second-order valence-corrected chi connectivity index (χ2v) is 6.92. The van der Waals surface area contributed by atoms with E-state index in [1.54, 1.807) is 20.0 Å². The zero-order valence-electron chi connectivity index (χ0n) is 16.4. The van der Waals surface area contributed by atoms with Crippen LogP contribution in [0.25, 0.3) is 11.0 Å². The molecule has 0 unspecified atom stereocenters. The molecule has 144 valence electrons. The topological polar surface area (TPSA) is 73.8 Å². The van der Waals surface area contributed by atoms with Gasteiger partial charge in [0.15, 0.2) is 0 Å². The van der Waals surface area contributed by atoms with Gasteiger partial charge in [0.1, 0.15) is 0 Å². The van der Waals surface area contributed by atoms with Gasteiger partial charge in [0, 0.05) is 37.8 Å². The van der Waals surface area contributed by atoms with Gasteiger partial charge in [-0.2, -0.15) is 5.10 Å². The number of fused-ring (bicyclic) bond motifs is 1. The zero-order chi connectivity index (χ0) is 19.6. The van der Waals surface area contributed by atoms with Gasteiger partial charge in [0.05, 0.1) is 23.3 Å². The molecular formula is C20H27N5O2. The summed E-state index contributed by atoms with van der Waals surface area (Å²) in [5.41, 5.74) is 3.77. The third-order valence-electron chi connectivity index (χ3n) is 5.05. The van der Waals surface area contributed by atoms with Gasteiger partial charge in [0.25, 0.3) is 0 Å². The summed E-state index contributed by atoms with van der Waals surface area (Å²) >= 11 is 0. The van der Waals surface area contributed by atoms with Crippen LogP contribution in [0.4, 0.5) is 0 Å². The van der Waals surface area contributed by atoms with Gasteiger partial charge in [0.2, 0.25) is 5.91 Å². The number of aryl methyl sites for hydroxylation is 3. The molecule has 0 saturated carbocycles. The molecule has 7 heteroatoms. The van der Waals surface area contributed by atoms with E-state index in [-0.39, 0.29) is 24.1 Å². The molecule has 2 aromatic heterocycles. The SMILES string of the molecule is CCCn1c(=O)n(CCC(=O)N[C@@H](C)c2cnn(C)c2C)c2ccccc21. The van der Waals surface area contributed by atoms with Gasteiger partial charge in [-0.3, -0.25) is 18.6 Å². The normalized spacial score (nSPS) is 12.4. The predicted octanol–water partition coefficient (Wildman–Crippen LogP) is 2.52. The van der Waals surface area contributed by atoms with Crippen molar-refractivity contribution in [3.8, 4) is 0 Å². The largest absolute Gasteiger partial charge is 0.349 e. The van der Waals surface area contributed by atoms with E-state index in [4.69, 9.17) is 0 Å². The average molecular weight is 369 g/mol. The average Bonchev–Trinajstić information content (AvgIpc) is 3.11. The second-order valence-electron chi connectivity index (χ2n) is 6.92. The van der Waals surface area contributed by atoms with Gasteiger partial charge < -0.3 is 5.32 Å². The first-order chi connectivity index (χ1) is 12.9. The summed E-state index contributed by atoms with van der Waals surface area (Å²) in [4.78, 5) is 25.2. The van der Waals surface area contributed by atoms with Crippen molar-refractivity contribution in [2.24, 2.45) is 7.05 Å². The monoisotopic (exact) mass is 369 g/mol. The molecule has 0 bridgehead atoms. The van der Waals surface area contributed by atoms with E-state index in [0.717, 1.165) is 28.7 Å². The number of hydrogen-bond donors (Lipinski definition) is 1. The van der Waals surface area contributed by atoms with Gasteiger partial charge in [-0.05, 0) is 32.4 Å². The smallest absolute Gasteiger partial charge is 0.329 e. The fourth-order valence-corrected chi connectivity index (χ4v) is 3.47. The highest BCUT2D eigenvalue weighted by Gasteiger charge is 2.16. The maximum absolute atomic E-state index is 12.8. The lowest BCUT2D eigenvalue weighted by Gasteiger charge is -2.14. The zero-order valence-corrected chi connectivity index (χ0v) is 16.4. The Morgan fingerprint density at radius 1 is 1.19 bits per heavy atom. The number of aromatic nitrogens is 4. The molecule has 3 aromatic rings. The third-order valence-corrected chi connectivity index (χ3v) is 5.05. The van der Waals surface area contributed by atoms with Crippen LogP contribution in [0.15, 0.2) is 35.3 Å². The first-order valence-electron chi connectivity index (χ1n) is 9.40. The van der Waals surface area contributed by atoms with Crippen LogP contribution in [0.2, 0.25) is 0 Å². The number of hydrogen-bond acceptors (Lipinski definition) is 3. The van der Waals surface area contributed by atoms with Crippen LogP contribution in [0.5, 0.6) is 0 Å². The quantitative estimate of drug-likeness (QED) is 0.695. The van der Waals surface area contributed by atoms with Crippen molar-refractivity contribution in [1.82, 2.24) is 24.2 Å². The summed E-state index contributed by atoms with van der Waals surface area (Å²) in [5.74, 6) is -0.0787. The molecule has 3 rings (SSSR count). The van der Waals surface area contributed by atoms with Crippen LogP contribution in [0.1, 0.15) is 44.0 Å². The van der Waals surface area contributed by atoms with E-state index >= 15 is 0 Å². The fraction of sp³-hybridized carbons (Fsp3) is 0.450. The van der Waals surface area contributed by atoms with Crippen molar-refractivity contribution in [3.63, 3.8) is 0 Å². The number of rotatable bonds is 7. The Bertz CT molecular complexity index is 1010. The predicted molar refractivity (Wildman–Crippen MR) is 106 cm³/mol. The van der Waals surface area contributed by atoms with Crippen LogP contribution in [-0.4, -0.2) is 24.8 Å². The summed E-state index contributed by atoms with van der Waals surface area (Å²) in [5, 5.41) is 7.23. The highest BCUT2D eigenvalue weighted by molar-refractivity contribution is 5.78. The summed E-state index contributed by atoms with van der Waals surface area (Å²) < 4.78 is 5.28. The fourth-order valence-electron chi connectivity index (χ4n) is 3.47. The van der Waals surface area contributed by atoms with Crippen molar-refractivity contribution in [3.05, 3.63) is 52.2 Å². The molecule has 0 aliphatic heterocycles. The summed E-state index contributed by atoms with van der Waals surface area (Å²) in [6.07, 6.45) is 2.92. The van der Waals surface area contributed by atoms with E-state index in [0.29, 0.717) is 13.1 Å². The Hall–Kier alpha value is -2.83. The molecule has 0 fully saturated rings. The van der Waals surface area contributed by atoms with E-state index in [1.807, 2.05) is 52.1 Å². The Labute approximate surface area is 158 Å². The van der Waals surface area contributed by atoms with Crippen molar-refractivity contribution < 1.29 is 4.79 Å². The van der Waals surface area contributed by atoms with Crippen molar-refractivity contribution >= 4 is 16.9 Å². The molecule has 0 aliphatic rings. The lowest BCUT2D eigenvalue weighted by Crippen LogP contribution is -2.30. The van der Waals surface area contributed by atoms with E-state index in [9.17, 15) is 9.59 Å². The number of nitrogens with zero attached hydrogens (tertiary/aromatic N) is 4. The lowest BCUT2D eigenvalue weighted by molar-refractivity contribution is -0.121. The molecule has 27 heavy (non-hydrogen) atoms. The molecule has 2 heterocycles. The van der Waals surface area contributed by atoms with Crippen molar-refractivity contribution in [2.45, 2.75) is 52.7 Å². The molecule has 0 saturated heterocycles. The maximum Gasteiger partial charge on any atom is 0.329 e. The number of amides is 1. The summed E-state index contributed by atoms with van der Waals surface area (Å²) in [6.45, 7) is 7.01. The van der Waals surface area contributed by atoms with Crippen LogP contribution in [-0.2, 0) is 24.9 Å². The molecule has 1 aromatic carbocycles. The van der Waals surface area contributed by atoms with Crippen molar-refractivity contribution in [1.29, 1.82) is 0 Å². The highest BCUT2D eigenvalue weighted by atomic mass is 16.2. The first-order valence-corrected chi connectivity index (χ1v) is 9.40. The number of benzene rings is 1. The van der Waals surface area contributed by atoms with Crippen LogP contribution < -0.4 is 11.0 Å². The van der Waals surface area contributed by atoms with Crippen molar-refractivity contribution in [2.75, 3.05) is 0 Å². The van der Waals surface area contributed by atoms with Gasteiger partial charge in [-0.1, -0.05) is 19.1 Å². The molecule has 0 aliphatic carbocycles. The lowest BCUT2D eigenvalue weighted by atomic mass is 10.1. The Morgan fingerprint density at radius 3 is 2.37 bits per heavy atom. The van der Waals surface area contributed by atoms with Gasteiger partial charge in [-0.25, -0.2) is 4.79 Å². The molecule has 0 radical (unpaired) electrons. The molecule has 0 spiro atoms. The summed E-state index contributed by atoms with van der Waals surface area (Å²) in [6, 6.07) is 7.62. The Kier molecular flexibility index (Phi) is 5.48. The second kappa shape index (κ2) is 7.82. The Balaban J connectivity index is 1.73. The van der Waals surface area contributed by atoms with E-state index < -0.39 is 0 Å². The van der Waals surface area contributed by atoms with Crippen LogP contribution >= 0.6 is 0 Å². The Morgan fingerprint density at radius 2 is 1.81 bits per heavy atom. The van der Waals surface area contributed by atoms with Crippen LogP contribution in [0, 0.1) is 6.92 Å². The molecule has 7 nitrogen and oxygen atoms in total. The number of carbonyl (C=O) groups is 1. The van der Waals surface area contributed by atoms with E-state index in [1.165, 1.54) is 0 Å². The number of imidazole rings is 1. The van der Waals surface area contributed by atoms with Gasteiger partial charge >= 0.3 is 5.69 Å². The molecular weight excluding hydrogens is 342 g/mol.